The van der Waals surface area contributed by atoms with Gasteiger partial charge in [-0.1, -0.05) is 28.9 Å². The summed E-state index contributed by atoms with van der Waals surface area (Å²) in [4.78, 5) is 6.84. The Morgan fingerprint density at radius 3 is 3.00 bits per heavy atom. The van der Waals surface area contributed by atoms with Crippen LogP contribution in [0.1, 0.15) is 25.3 Å². The van der Waals surface area contributed by atoms with E-state index in [1.165, 1.54) is 5.56 Å². The van der Waals surface area contributed by atoms with Gasteiger partial charge in [-0.05, 0) is 26.8 Å². The van der Waals surface area contributed by atoms with Crippen molar-refractivity contribution in [1.82, 2.24) is 15.0 Å². The normalized spacial score (nSPS) is 23.4. The van der Waals surface area contributed by atoms with Gasteiger partial charge < -0.3 is 9.26 Å². The number of morpholine rings is 1. The lowest BCUT2D eigenvalue weighted by molar-refractivity contribution is -0.0555. The zero-order valence-corrected chi connectivity index (χ0v) is 12.7. The average Bonchev–Trinajstić information content (AvgIpc) is 2.91. The molecule has 0 bridgehead atoms. The van der Waals surface area contributed by atoms with Crippen molar-refractivity contribution in [3.63, 3.8) is 0 Å². The maximum absolute atomic E-state index is 5.64. The minimum absolute atomic E-state index is 0.250. The highest BCUT2D eigenvalue weighted by atomic mass is 16.5. The molecule has 5 heteroatoms. The lowest BCUT2D eigenvalue weighted by Gasteiger charge is -2.35. The van der Waals surface area contributed by atoms with E-state index >= 15 is 0 Å². The van der Waals surface area contributed by atoms with Gasteiger partial charge in [-0.25, -0.2) is 0 Å². The molecule has 1 saturated heterocycles. The Balaban J connectivity index is 1.73. The number of hydrogen-bond acceptors (Lipinski definition) is 5. The van der Waals surface area contributed by atoms with Crippen molar-refractivity contribution in [1.29, 1.82) is 0 Å². The van der Waals surface area contributed by atoms with Crippen molar-refractivity contribution in [2.45, 2.75) is 39.5 Å². The fourth-order valence-corrected chi connectivity index (χ4v) is 2.59. The molecule has 5 nitrogen and oxygen atoms in total. The molecule has 0 aliphatic carbocycles. The first-order valence-electron chi connectivity index (χ1n) is 7.37. The summed E-state index contributed by atoms with van der Waals surface area (Å²) in [7, 11) is 0. The summed E-state index contributed by atoms with van der Waals surface area (Å²) in [6.07, 6.45) is 0.250. The van der Waals surface area contributed by atoms with E-state index in [0.717, 1.165) is 18.7 Å². The van der Waals surface area contributed by atoms with E-state index in [9.17, 15) is 0 Å². The van der Waals surface area contributed by atoms with Crippen molar-refractivity contribution in [2.75, 3.05) is 13.2 Å². The fourth-order valence-electron chi connectivity index (χ4n) is 2.59. The van der Waals surface area contributed by atoms with Crippen LogP contribution < -0.4 is 0 Å². The van der Waals surface area contributed by atoms with Crippen molar-refractivity contribution < 1.29 is 9.26 Å². The molecule has 112 valence electrons. The summed E-state index contributed by atoms with van der Waals surface area (Å²) < 4.78 is 11.0. The van der Waals surface area contributed by atoms with Gasteiger partial charge >= 0.3 is 0 Å². The SMILES string of the molecule is Cc1cccc(-c2noc(CN3C[C@H](C)OC[C@@H]3C)n2)c1. The van der Waals surface area contributed by atoms with Gasteiger partial charge in [-0.2, -0.15) is 4.98 Å². The van der Waals surface area contributed by atoms with Crippen molar-refractivity contribution >= 4 is 0 Å². The first-order valence-corrected chi connectivity index (χ1v) is 7.37. The Morgan fingerprint density at radius 2 is 2.19 bits per heavy atom. The van der Waals surface area contributed by atoms with Crippen LogP contribution in [0.5, 0.6) is 0 Å². The smallest absolute Gasteiger partial charge is 0.241 e. The highest BCUT2D eigenvalue weighted by molar-refractivity contribution is 5.55. The van der Waals surface area contributed by atoms with E-state index in [0.29, 0.717) is 24.3 Å². The number of ether oxygens (including phenoxy) is 1. The van der Waals surface area contributed by atoms with Gasteiger partial charge in [0.05, 0.1) is 19.3 Å². The molecule has 1 aromatic heterocycles. The fraction of sp³-hybridized carbons (Fsp3) is 0.500. The second kappa shape index (κ2) is 5.95. The van der Waals surface area contributed by atoms with Crippen LogP contribution in [0, 0.1) is 6.92 Å². The highest BCUT2D eigenvalue weighted by Crippen LogP contribution is 2.19. The van der Waals surface area contributed by atoms with Gasteiger partial charge in [0.2, 0.25) is 11.7 Å². The zero-order chi connectivity index (χ0) is 14.8. The predicted octanol–water partition coefficient (Wildman–Crippen LogP) is 2.65. The minimum Gasteiger partial charge on any atom is -0.376 e. The van der Waals surface area contributed by atoms with E-state index in [1.54, 1.807) is 0 Å². The number of aromatic nitrogens is 2. The Kier molecular flexibility index (Phi) is 4.03. The summed E-state index contributed by atoms with van der Waals surface area (Å²) in [5.74, 6) is 1.31. The van der Waals surface area contributed by atoms with Crippen LogP contribution in [-0.2, 0) is 11.3 Å². The molecule has 0 N–H and O–H groups in total. The lowest BCUT2D eigenvalue weighted by atomic mass is 10.1. The molecule has 2 aromatic rings. The maximum atomic E-state index is 5.64. The molecule has 0 amide bonds. The van der Waals surface area contributed by atoms with Crippen molar-refractivity contribution in [3.05, 3.63) is 35.7 Å². The monoisotopic (exact) mass is 287 g/mol. The van der Waals surface area contributed by atoms with Gasteiger partial charge in [0.15, 0.2) is 0 Å². The van der Waals surface area contributed by atoms with Crippen molar-refractivity contribution in [2.24, 2.45) is 0 Å². The Labute approximate surface area is 124 Å². The third-order valence-corrected chi connectivity index (χ3v) is 3.82. The van der Waals surface area contributed by atoms with Gasteiger partial charge in [-0.15, -0.1) is 0 Å². The second-order valence-electron chi connectivity index (χ2n) is 5.80. The van der Waals surface area contributed by atoms with Crippen molar-refractivity contribution in [3.8, 4) is 11.4 Å². The summed E-state index contributed by atoms with van der Waals surface area (Å²) in [5, 5.41) is 4.09. The largest absolute Gasteiger partial charge is 0.376 e. The Bertz CT molecular complexity index is 611. The summed E-state index contributed by atoms with van der Waals surface area (Å²) in [6.45, 7) is 8.62. The van der Waals surface area contributed by atoms with Crippen LogP contribution >= 0.6 is 0 Å². The van der Waals surface area contributed by atoms with Crippen LogP contribution in [0.15, 0.2) is 28.8 Å². The van der Waals surface area contributed by atoms with Crippen LogP contribution in [0.2, 0.25) is 0 Å². The molecular weight excluding hydrogens is 266 g/mol. The quantitative estimate of drug-likeness (QED) is 0.868. The third-order valence-electron chi connectivity index (χ3n) is 3.82. The highest BCUT2D eigenvalue weighted by Gasteiger charge is 2.25. The van der Waals surface area contributed by atoms with E-state index in [1.807, 2.05) is 12.1 Å². The molecule has 3 rings (SSSR count). The molecule has 21 heavy (non-hydrogen) atoms. The van der Waals surface area contributed by atoms with Gasteiger partial charge in [0.1, 0.15) is 0 Å². The number of hydrogen-bond donors (Lipinski definition) is 0. The van der Waals surface area contributed by atoms with Crippen LogP contribution in [0.4, 0.5) is 0 Å². The first kappa shape index (κ1) is 14.2. The predicted molar refractivity (Wildman–Crippen MR) is 79.8 cm³/mol. The number of nitrogens with zero attached hydrogens (tertiary/aromatic N) is 3. The number of rotatable bonds is 3. The molecule has 2 heterocycles. The molecule has 1 fully saturated rings. The molecule has 0 spiro atoms. The van der Waals surface area contributed by atoms with E-state index in [-0.39, 0.29) is 6.10 Å². The van der Waals surface area contributed by atoms with Crippen LogP contribution in [0.3, 0.4) is 0 Å². The molecule has 0 unspecified atom stereocenters. The lowest BCUT2D eigenvalue weighted by Crippen LogP contribution is -2.46. The van der Waals surface area contributed by atoms with Crippen LogP contribution in [0.25, 0.3) is 11.4 Å². The third kappa shape index (κ3) is 3.31. The van der Waals surface area contributed by atoms with Gasteiger partial charge in [0.25, 0.3) is 0 Å². The zero-order valence-electron chi connectivity index (χ0n) is 12.7. The molecule has 1 aromatic carbocycles. The summed E-state index contributed by atoms with van der Waals surface area (Å²) in [5.41, 5.74) is 2.18. The Hall–Kier alpha value is -1.72. The van der Waals surface area contributed by atoms with E-state index < -0.39 is 0 Å². The number of aryl methyl sites for hydroxylation is 1. The molecule has 0 saturated carbocycles. The summed E-state index contributed by atoms with van der Waals surface area (Å²) in [6, 6.07) is 8.50. The first-order chi connectivity index (χ1) is 10.1. The number of benzene rings is 1. The minimum atomic E-state index is 0.250. The summed E-state index contributed by atoms with van der Waals surface area (Å²) >= 11 is 0. The molecule has 0 radical (unpaired) electrons. The maximum Gasteiger partial charge on any atom is 0.241 e. The standard InChI is InChI=1S/C16H21N3O2/c1-11-5-4-6-14(7-11)16-17-15(21-18-16)9-19-8-13(3)20-10-12(19)2/h4-7,12-13H,8-10H2,1-3H3/t12-,13-/m0/s1. The second-order valence-corrected chi connectivity index (χ2v) is 5.80. The molecular formula is C16H21N3O2. The van der Waals surface area contributed by atoms with E-state index in [4.69, 9.17) is 9.26 Å². The average molecular weight is 287 g/mol. The van der Waals surface area contributed by atoms with Crippen LogP contribution in [-0.4, -0.2) is 40.3 Å². The Morgan fingerprint density at radius 1 is 1.33 bits per heavy atom. The molecule has 1 aliphatic rings. The molecule has 2 atom stereocenters. The topological polar surface area (TPSA) is 51.4 Å². The van der Waals surface area contributed by atoms with Gasteiger partial charge in [-0.3, -0.25) is 4.90 Å². The molecule has 1 aliphatic heterocycles. The van der Waals surface area contributed by atoms with E-state index in [2.05, 4.69) is 47.9 Å². The van der Waals surface area contributed by atoms with Gasteiger partial charge in [0, 0.05) is 18.2 Å².